The number of fused-ring (bicyclic) bond motifs is 1. The lowest BCUT2D eigenvalue weighted by atomic mass is 9.65. The van der Waals surface area contributed by atoms with E-state index in [0.717, 1.165) is 12.8 Å². The van der Waals surface area contributed by atoms with Crippen LogP contribution in [0.1, 0.15) is 58.8 Å². The molecule has 2 aliphatic rings. The largest absolute Gasteiger partial charge is 0.388 e. The molecular formula is C13H25NO. The first-order chi connectivity index (χ1) is 7.13. The predicted octanol–water partition coefficient (Wildman–Crippen LogP) is 2.46. The summed E-state index contributed by atoms with van der Waals surface area (Å²) in [6.45, 7) is 4.35. The van der Waals surface area contributed by atoms with Gasteiger partial charge in [0.25, 0.3) is 0 Å². The molecule has 0 aromatic heterocycles. The molecule has 0 amide bonds. The van der Waals surface area contributed by atoms with Crippen LogP contribution >= 0.6 is 0 Å². The first-order valence-corrected chi connectivity index (χ1v) is 6.61. The Hall–Kier alpha value is -0.0800. The van der Waals surface area contributed by atoms with Gasteiger partial charge in [0.05, 0.1) is 5.60 Å². The molecule has 1 unspecified atom stereocenters. The van der Waals surface area contributed by atoms with E-state index in [1.807, 2.05) is 0 Å². The quantitative estimate of drug-likeness (QED) is 0.735. The van der Waals surface area contributed by atoms with Crippen LogP contribution in [-0.2, 0) is 0 Å². The van der Waals surface area contributed by atoms with E-state index >= 15 is 0 Å². The number of aliphatic hydroxyl groups is 1. The van der Waals surface area contributed by atoms with Crippen LogP contribution in [0.3, 0.4) is 0 Å². The maximum Gasteiger partial charge on any atom is 0.0828 e. The zero-order valence-corrected chi connectivity index (χ0v) is 10.1. The minimum atomic E-state index is -0.388. The Morgan fingerprint density at radius 2 is 1.87 bits per heavy atom. The second-order valence-electron chi connectivity index (χ2n) is 5.74. The molecule has 2 aliphatic carbocycles. The fourth-order valence-corrected chi connectivity index (χ4v) is 3.55. The molecule has 0 bridgehead atoms. The summed E-state index contributed by atoms with van der Waals surface area (Å²) in [6, 6.07) is 0.830. The Labute approximate surface area is 93.5 Å². The molecule has 0 aliphatic heterocycles. The van der Waals surface area contributed by atoms with Crippen molar-refractivity contribution >= 4 is 0 Å². The predicted molar refractivity (Wildman–Crippen MR) is 62.8 cm³/mol. The Bertz CT molecular complexity index is 215. The molecule has 2 rings (SSSR count). The van der Waals surface area contributed by atoms with E-state index in [4.69, 9.17) is 0 Å². The molecule has 0 aromatic rings. The van der Waals surface area contributed by atoms with Crippen LogP contribution in [0.2, 0.25) is 0 Å². The monoisotopic (exact) mass is 211 g/mol. The van der Waals surface area contributed by atoms with Crippen LogP contribution in [0.15, 0.2) is 0 Å². The van der Waals surface area contributed by atoms with Crippen molar-refractivity contribution in [2.75, 3.05) is 0 Å². The van der Waals surface area contributed by atoms with Crippen molar-refractivity contribution in [3.63, 3.8) is 0 Å². The Balaban J connectivity index is 2.08. The lowest BCUT2D eigenvalue weighted by Gasteiger charge is -2.49. The third kappa shape index (κ3) is 2.21. The molecule has 15 heavy (non-hydrogen) atoms. The van der Waals surface area contributed by atoms with E-state index in [9.17, 15) is 5.11 Å². The molecule has 2 saturated carbocycles. The van der Waals surface area contributed by atoms with Crippen LogP contribution in [0.5, 0.6) is 0 Å². The van der Waals surface area contributed by atoms with E-state index < -0.39 is 0 Å². The molecule has 0 aromatic carbocycles. The fourth-order valence-electron chi connectivity index (χ4n) is 3.55. The Morgan fingerprint density at radius 1 is 1.13 bits per heavy atom. The summed E-state index contributed by atoms with van der Waals surface area (Å²) in [5.41, 5.74) is -0.388. The number of nitrogens with one attached hydrogen (secondary N) is 1. The van der Waals surface area contributed by atoms with Crippen LogP contribution in [-0.4, -0.2) is 22.8 Å². The van der Waals surface area contributed by atoms with E-state index in [0.29, 0.717) is 18.0 Å². The van der Waals surface area contributed by atoms with Crippen molar-refractivity contribution in [2.45, 2.75) is 76.5 Å². The Morgan fingerprint density at radius 3 is 2.60 bits per heavy atom. The van der Waals surface area contributed by atoms with Gasteiger partial charge in [-0.2, -0.15) is 0 Å². The van der Waals surface area contributed by atoms with Crippen LogP contribution in [0, 0.1) is 5.92 Å². The van der Waals surface area contributed by atoms with Gasteiger partial charge in [0.2, 0.25) is 0 Å². The van der Waals surface area contributed by atoms with Gasteiger partial charge in [0.1, 0.15) is 0 Å². The van der Waals surface area contributed by atoms with Crippen molar-refractivity contribution in [3.05, 3.63) is 0 Å². The second-order valence-corrected chi connectivity index (χ2v) is 5.74. The topological polar surface area (TPSA) is 32.3 Å². The maximum absolute atomic E-state index is 10.8. The normalized spacial score (nSPS) is 41.6. The summed E-state index contributed by atoms with van der Waals surface area (Å²) in [7, 11) is 0. The maximum atomic E-state index is 10.8. The summed E-state index contributed by atoms with van der Waals surface area (Å²) in [5.74, 6) is 0.566. The van der Waals surface area contributed by atoms with Crippen LogP contribution in [0.4, 0.5) is 0 Å². The first-order valence-electron chi connectivity index (χ1n) is 6.61. The molecule has 0 heterocycles. The molecule has 0 saturated heterocycles. The van der Waals surface area contributed by atoms with Crippen molar-refractivity contribution < 1.29 is 5.11 Å². The lowest BCUT2D eigenvalue weighted by Crippen LogP contribution is -2.60. The van der Waals surface area contributed by atoms with Gasteiger partial charge >= 0.3 is 0 Å². The minimum Gasteiger partial charge on any atom is -0.388 e. The first kappa shape index (κ1) is 11.4. The number of hydrogen-bond acceptors (Lipinski definition) is 2. The van der Waals surface area contributed by atoms with Gasteiger partial charge < -0.3 is 10.4 Å². The smallest absolute Gasteiger partial charge is 0.0828 e. The summed E-state index contributed by atoms with van der Waals surface area (Å²) in [4.78, 5) is 0. The third-order valence-corrected chi connectivity index (χ3v) is 4.27. The molecule has 2 fully saturated rings. The van der Waals surface area contributed by atoms with Gasteiger partial charge in [0.15, 0.2) is 0 Å². The van der Waals surface area contributed by atoms with Crippen molar-refractivity contribution in [2.24, 2.45) is 5.92 Å². The van der Waals surface area contributed by atoms with Gasteiger partial charge in [-0.3, -0.25) is 0 Å². The summed E-state index contributed by atoms with van der Waals surface area (Å²) < 4.78 is 0. The lowest BCUT2D eigenvalue weighted by molar-refractivity contribution is -0.100. The highest BCUT2D eigenvalue weighted by atomic mass is 16.3. The zero-order valence-electron chi connectivity index (χ0n) is 10.1. The molecule has 2 nitrogen and oxygen atoms in total. The van der Waals surface area contributed by atoms with Crippen molar-refractivity contribution in [3.8, 4) is 0 Å². The fraction of sp³-hybridized carbons (Fsp3) is 1.00. The van der Waals surface area contributed by atoms with Gasteiger partial charge in [0, 0.05) is 12.1 Å². The molecule has 2 N–H and O–H groups in total. The highest BCUT2D eigenvalue weighted by Gasteiger charge is 2.47. The third-order valence-electron chi connectivity index (χ3n) is 4.27. The molecule has 0 spiro atoms. The summed E-state index contributed by atoms with van der Waals surface area (Å²) in [5, 5.41) is 14.4. The molecule has 3 atom stereocenters. The average Bonchev–Trinajstić information content (AvgIpc) is 2.18. The standard InChI is InChI=1S/C13H25NO/c1-10(2)14-12-8-5-7-11-6-3-4-9-13(11,12)15/h10-12,14-15H,3-9H2,1-2H3/t11-,12?,13-/m1/s1. The minimum absolute atomic E-state index is 0.344. The molecular weight excluding hydrogens is 186 g/mol. The summed E-state index contributed by atoms with van der Waals surface area (Å²) >= 11 is 0. The van der Waals surface area contributed by atoms with Gasteiger partial charge in [-0.05, 0) is 31.6 Å². The highest BCUT2D eigenvalue weighted by Crippen LogP contribution is 2.43. The van der Waals surface area contributed by atoms with E-state index in [2.05, 4.69) is 19.2 Å². The van der Waals surface area contributed by atoms with Crippen LogP contribution < -0.4 is 5.32 Å². The average molecular weight is 211 g/mol. The van der Waals surface area contributed by atoms with E-state index in [1.165, 1.54) is 32.1 Å². The van der Waals surface area contributed by atoms with Crippen molar-refractivity contribution in [1.29, 1.82) is 0 Å². The van der Waals surface area contributed by atoms with Gasteiger partial charge in [-0.25, -0.2) is 0 Å². The van der Waals surface area contributed by atoms with Crippen LogP contribution in [0.25, 0.3) is 0 Å². The molecule has 0 radical (unpaired) electrons. The number of rotatable bonds is 2. The highest BCUT2D eigenvalue weighted by molar-refractivity contribution is 5.02. The molecule has 88 valence electrons. The molecule has 2 heteroatoms. The van der Waals surface area contributed by atoms with Gasteiger partial charge in [-0.15, -0.1) is 0 Å². The van der Waals surface area contributed by atoms with E-state index in [-0.39, 0.29) is 5.60 Å². The van der Waals surface area contributed by atoms with Crippen molar-refractivity contribution in [1.82, 2.24) is 5.32 Å². The SMILES string of the molecule is CC(C)NC1CCC[C@H]2CCCC[C@]12O. The zero-order chi connectivity index (χ0) is 10.9. The van der Waals surface area contributed by atoms with E-state index in [1.54, 1.807) is 0 Å². The second kappa shape index (κ2) is 4.42. The Kier molecular flexibility index (Phi) is 3.36. The number of hydrogen-bond donors (Lipinski definition) is 2. The summed E-state index contributed by atoms with van der Waals surface area (Å²) in [6.07, 6.45) is 8.48. The van der Waals surface area contributed by atoms with Gasteiger partial charge in [-0.1, -0.05) is 33.1 Å².